The number of hydrogen-bond donors (Lipinski definition) is 2. The van der Waals surface area contributed by atoms with Gasteiger partial charge in [0.15, 0.2) is 0 Å². The second-order valence-electron chi connectivity index (χ2n) is 6.03. The summed E-state index contributed by atoms with van der Waals surface area (Å²) in [6.45, 7) is 12.7. The summed E-state index contributed by atoms with van der Waals surface area (Å²) in [5.74, 6) is 0. The zero-order chi connectivity index (χ0) is 13.3. The standard InChI is InChI=1S/C15H25NO/c1-11-7-12(2)9-13(8-11)10-16-14(3,4)15(5,6)17/h7-9,16-17H,10H2,1-6H3. The Labute approximate surface area is 105 Å². The van der Waals surface area contributed by atoms with Crippen molar-refractivity contribution in [1.29, 1.82) is 0 Å². The van der Waals surface area contributed by atoms with Crippen LogP contribution in [0.3, 0.4) is 0 Å². The summed E-state index contributed by atoms with van der Waals surface area (Å²) in [5.41, 5.74) is 2.77. The fraction of sp³-hybridized carbons (Fsp3) is 0.600. The molecule has 0 fully saturated rings. The van der Waals surface area contributed by atoms with Crippen molar-refractivity contribution in [3.8, 4) is 0 Å². The lowest BCUT2D eigenvalue weighted by Crippen LogP contribution is -2.55. The molecular formula is C15H25NO. The topological polar surface area (TPSA) is 32.3 Å². The van der Waals surface area contributed by atoms with Crippen LogP contribution in [0.2, 0.25) is 0 Å². The summed E-state index contributed by atoms with van der Waals surface area (Å²) in [7, 11) is 0. The van der Waals surface area contributed by atoms with Crippen molar-refractivity contribution in [2.75, 3.05) is 0 Å². The maximum absolute atomic E-state index is 10.1. The fourth-order valence-corrected chi connectivity index (χ4v) is 1.71. The van der Waals surface area contributed by atoms with E-state index in [1.165, 1.54) is 16.7 Å². The first-order chi connectivity index (χ1) is 7.62. The molecule has 0 saturated carbocycles. The molecule has 0 aliphatic rings. The van der Waals surface area contributed by atoms with Crippen LogP contribution in [-0.4, -0.2) is 16.2 Å². The molecule has 0 aliphatic heterocycles. The minimum atomic E-state index is -0.744. The molecule has 17 heavy (non-hydrogen) atoms. The molecule has 0 radical (unpaired) electrons. The largest absolute Gasteiger partial charge is 0.389 e. The molecular weight excluding hydrogens is 210 g/mol. The number of benzene rings is 1. The van der Waals surface area contributed by atoms with Crippen LogP contribution < -0.4 is 5.32 Å². The first kappa shape index (κ1) is 14.2. The van der Waals surface area contributed by atoms with Crippen LogP contribution in [0.4, 0.5) is 0 Å². The zero-order valence-corrected chi connectivity index (χ0v) is 11.9. The normalized spacial score (nSPS) is 12.9. The van der Waals surface area contributed by atoms with Crippen molar-refractivity contribution in [3.05, 3.63) is 34.9 Å². The van der Waals surface area contributed by atoms with Crippen molar-refractivity contribution in [2.45, 2.75) is 59.2 Å². The van der Waals surface area contributed by atoms with E-state index in [0.29, 0.717) is 0 Å². The van der Waals surface area contributed by atoms with Crippen LogP contribution >= 0.6 is 0 Å². The van der Waals surface area contributed by atoms with E-state index in [4.69, 9.17) is 0 Å². The molecule has 96 valence electrons. The zero-order valence-electron chi connectivity index (χ0n) is 11.9. The first-order valence-corrected chi connectivity index (χ1v) is 6.16. The summed E-state index contributed by atoms with van der Waals surface area (Å²) in [6.07, 6.45) is 0. The molecule has 1 aromatic carbocycles. The van der Waals surface area contributed by atoms with E-state index in [0.717, 1.165) is 6.54 Å². The van der Waals surface area contributed by atoms with Crippen molar-refractivity contribution in [3.63, 3.8) is 0 Å². The molecule has 2 heteroatoms. The van der Waals surface area contributed by atoms with E-state index in [2.05, 4.69) is 37.4 Å². The van der Waals surface area contributed by atoms with Gasteiger partial charge >= 0.3 is 0 Å². The van der Waals surface area contributed by atoms with Gasteiger partial charge in [0.05, 0.1) is 5.60 Å². The monoisotopic (exact) mass is 235 g/mol. The number of hydrogen-bond acceptors (Lipinski definition) is 2. The molecule has 0 atom stereocenters. The maximum Gasteiger partial charge on any atom is 0.0767 e. The minimum Gasteiger partial charge on any atom is -0.389 e. The Morgan fingerprint density at radius 3 is 1.88 bits per heavy atom. The van der Waals surface area contributed by atoms with E-state index in [9.17, 15) is 5.11 Å². The number of aryl methyl sites for hydroxylation is 2. The Bertz CT molecular complexity index is 368. The summed E-state index contributed by atoms with van der Waals surface area (Å²) in [5, 5.41) is 13.5. The van der Waals surface area contributed by atoms with Crippen LogP contribution in [0.15, 0.2) is 18.2 Å². The predicted molar refractivity (Wildman–Crippen MR) is 73.1 cm³/mol. The van der Waals surface area contributed by atoms with Crippen LogP contribution in [0, 0.1) is 13.8 Å². The first-order valence-electron chi connectivity index (χ1n) is 6.16. The van der Waals surface area contributed by atoms with Crippen LogP contribution in [0.5, 0.6) is 0 Å². The van der Waals surface area contributed by atoms with Gasteiger partial charge in [-0.15, -0.1) is 0 Å². The van der Waals surface area contributed by atoms with Crippen LogP contribution in [0.25, 0.3) is 0 Å². The summed E-state index contributed by atoms with van der Waals surface area (Å²) in [4.78, 5) is 0. The quantitative estimate of drug-likeness (QED) is 0.841. The third-order valence-electron chi connectivity index (χ3n) is 3.55. The highest BCUT2D eigenvalue weighted by molar-refractivity contribution is 5.28. The highest BCUT2D eigenvalue weighted by Gasteiger charge is 2.34. The Morgan fingerprint density at radius 1 is 1.00 bits per heavy atom. The van der Waals surface area contributed by atoms with Gasteiger partial charge in [0.1, 0.15) is 0 Å². The van der Waals surface area contributed by atoms with Gasteiger partial charge < -0.3 is 10.4 Å². The molecule has 0 spiro atoms. The number of nitrogens with one attached hydrogen (secondary N) is 1. The maximum atomic E-state index is 10.1. The van der Waals surface area contributed by atoms with Crippen molar-refractivity contribution in [1.82, 2.24) is 5.32 Å². The van der Waals surface area contributed by atoms with Gasteiger partial charge in [0, 0.05) is 12.1 Å². The van der Waals surface area contributed by atoms with Gasteiger partial charge in [-0.3, -0.25) is 0 Å². The van der Waals surface area contributed by atoms with E-state index in [-0.39, 0.29) is 5.54 Å². The predicted octanol–water partition coefficient (Wildman–Crippen LogP) is 2.94. The molecule has 0 unspecified atom stereocenters. The Morgan fingerprint density at radius 2 is 1.47 bits per heavy atom. The lowest BCUT2D eigenvalue weighted by Gasteiger charge is -2.38. The lowest BCUT2D eigenvalue weighted by atomic mass is 9.86. The Balaban J connectivity index is 2.74. The smallest absolute Gasteiger partial charge is 0.0767 e. The molecule has 0 bridgehead atoms. The molecule has 2 nitrogen and oxygen atoms in total. The summed E-state index contributed by atoms with van der Waals surface area (Å²) < 4.78 is 0. The second-order valence-corrected chi connectivity index (χ2v) is 6.03. The Hall–Kier alpha value is -0.860. The van der Waals surface area contributed by atoms with Gasteiger partial charge in [0.25, 0.3) is 0 Å². The van der Waals surface area contributed by atoms with Gasteiger partial charge in [-0.05, 0) is 47.1 Å². The number of rotatable bonds is 4. The molecule has 0 aliphatic carbocycles. The average Bonchev–Trinajstić information content (AvgIpc) is 2.11. The fourth-order valence-electron chi connectivity index (χ4n) is 1.71. The van der Waals surface area contributed by atoms with Crippen LogP contribution in [0.1, 0.15) is 44.4 Å². The third kappa shape index (κ3) is 3.83. The third-order valence-corrected chi connectivity index (χ3v) is 3.55. The van der Waals surface area contributed by atoms with Crippen molar-refractivity contribution >= 4 is 0 Å². The van der Waals surface area contributed by atoms with Crippen LogP contribution in [-0.2, 0) is 6.54 Å². The van der Waals surface area contributed by atoms with Crippen molar-refractivity contribution in [2.24, 2.45) is 0 Å². The van der Waals surface area contributed by atoms with E-state index < -0.39 is 5.60 Å². The van der Waals surface area contributed by atoms with E-state index >= 15 is 0 Å². The van der Waals surface area contributed by atoms with Gasteiger partial charge in [-0.1, -0.05) is 29.3 Å². The number of aliphatic hydroxyl groups is 1. The second kappa shape index (κ2) is 4.79. The minimum absolute atomic E-state index is 0.315. The van der Waals surface area contributed by atoms with E-state index in [1.54, 1.807) is 0 Å². The van der Waals surface area contributed by atoms with Gasteiger partial charge in [-0.2, -0.15) is 0 Å². The van der Waals surface area contributed by atoms with E-state index in [1.807, 2.05) is 27.7 Å². The lowest BCUT2D eigenvalue weighted by molar-refractivity contribution is -0.00531. The molecule has 1 aromatic rings. The molecule has 0 saturated heterocycles. The van der Waals surface area contributed by atoms with Crippen molar-refractivity contribution < 1.29 is 5.11 Å². The SMILES string of the molecule is Cc1cc(C)cc(CNC(C)(C)C(C)(C)O)c1. The molecule has 1 rings (SSSR count). The van der Waals surface area contributed by atoms with Gasteiger partial charge in [-0.25, -0.2) is 0 Å². The average molecular weight is 235 g/mol. The highest BCUT2D eigenvalue weighted by atomic mass is 16.3. The Kier molecular flexibility index (Phi) is 4.00. The molecule has 0 heterocycles. The summed E-state index contributed by atoms with van der Waals surface area (Å²) >= 11 is 0. The van der Waals surface area contributed by atoms with Gasteiger partial charge in [0.2, 0.25) is 0 Å². The molecule has 0 amide bonds. The molecule has 2 N–H and O–H groups in total. The summed E-state index contributed by atoms with van der Waals surface area (Å²) in [6, 6.07) is 6.53. The molecule has 0 aromatic heterocycles. The highest BCUT2D eigenvalue weighted by Crippen LogP contribution is 2.21.